The zero-order valence-corrected chi connectivity index (χ0v) is 13.1. The number of carboxylic acids is 1. The number of carbonyl (C=O) groups is 2. The van der Waals surface area contributed by atoms with Crippen molar-refractivity contribution in [3.8, 4) is 0 Å². The van der Waals surface area contributed by atoms with Gasteiger partial charge in [-0.3, -0.25) is 4.79 Å². The highest BCUT2D eigenvalue weighted by atomic mass is 16.4. The fraction of sp³-hybridized carbons (Fsp3) is 0.105. The third-order valence-electron chi connectivity index (χ3n) is 3.91. The predicted molar refractivity (Wildman–Crippen MR) is 92.3 cm³/mol. The van der Waals surface area contributed by atoms with Gasteiger partial charge in [0, 0.05) is 17.7 Å². The van der Waals surface area contributed by atoms with Gasteiger partial charge in [-0.25, -0.2) is 9.79 Å². The number of carboxylic acid groups (broad SMARTS) is 1. The highest BCUT2D eigenvalue weighted by Crippen LogP contribution is 2.30. The summed E-state index contributed by atoms with van der Waals surface area (Å²) in [5.74, 6) is -2.44. The van der Waals surface area contributed by atoms with Crippen molar-refractivity contribution in [1.29, 1.82) is 0 Å². The van der Waals surface area contributed by atoms with Crippen molar-refractivity contribution in [3.05, 3.63) is 70.8 Å². The van der Waals surface area contributed by atoms with Gasteiger partial charge in [-0.1, -0.05) is 36.4 Å². The van der Waals surface area contributed by atoms with E-state index in [1.165, 1.54) is 12.1 Å². The Balaban J connectivity index is 2.12. The van der Waals surface area contributed by atoms with Gasteiger partial charge in [0.2, 0.25) is 5.78 Å². The van der Waals surface area contributed by atoms with Crippen molar-refractivity contribution in [3.63, 3.8) is 0 Å². The summed E-state index contributed by atoms with van der Waals surface area (Å²) in [5.41, 5.74) is 0.851. The molecule has 0 fully saturated rings. The molecule has 3 rings (SSSR count). The van der Waals surface area contributed by atoms with Crippen molar-refractivity contribution in [2.45, 2.75) is 6.42 Å². The third-order valence-corrected chi connectivity index (χ3v) is 3.91. The minimum atomic E-state index is -1.42. The van der Waals surface area contributed by atoms with E-state index in [4.69, 9.17) is 5.11 Å². The number of rotatable bonds is 4. The van der Waals surface area contributed by atoms with Crippen LogP contribution in [0, 0.1) is 0 Å². The molecule has 0 saturated heterocycles. The van der Waals surface area contributed by atoms with Crippen molar-refractivity contribution in [1.82, 2.24) is 0 Å². The molecule has 0 bridgehead atoms. The molecule has 0 aromatic heterocycles. The van der Waals surface area contributed by atoms with Gasteiger partial charge in [0.05, 0.1) is 5.69 Å². The molecule has 0 atom stereocenters. The van der Waals surface area contributed by atoms with Gasteiger partial charge >= 0.3 is 5.97 Å². The molecular weight excluding hydrogens is 322 g/mol. The summed E-state index contributed by atoms with van der Waals surface area (Å²) in [5, 5.41) is 28.7. The van der Waals surface area contributed by atoms with E-state index in [1.54, 1.807) is 36.4 Å². The lowest BCUT2D eigenvalue weighted by Gasteiger charge is -2.18. The van der Waals surface area contributed by atoms with Gasteiger partial charge in [0.25, 0.3) is 0 Å². The quantitative estimate of drug-likeness (QED) is 0.795. The molecule has 0 aliphatic heterocycles. The smallest absolute Gasteiger partial charge is 0.341 e. The van der Waals surface area contributed by atoms with Crippen LogP contribution in [0.3, 0.4) is 0 Å². The second-order valence-electron chi connectivity index (χ2n) is 5.50. The van der Waals surface area contributed by atoms with Crippen LogP contribution in [-0.4, -0.2) is 39.4 Å². The number of ketones is 1. The number of aliphatic hydroxyl groups is 2. The Morgan fingerprint density at radius 3 is 2.24 bits per heavy atom. The van der Waals surface area contributed by atoms with Gasteiger partial charge < -0.3 is 15.3 Å². The van der Waals surface area contributed by atoms with Crippen LogP contribution in [0.4, 0.5) is 5.69 Å². The van der Waals surface area contributed by atoms with E-state index in [-0.39, 0.29) is 23.4 Å². The molecule has 25 heavy (non-hydrogen) atoms. The second-order valence-corrected chi connectivity index (χ2v) is 5.50. The maximum Gasteiger partial charge on any atom is 0.341 e. The molecule has 0 radical (unpaired) electrons. The summed E-state index contributed by atoms with van der Waals surface area (Å²) in [6.45, 7) is 0.0168. The number of aliphatic imine (C=N–C) groups is 1. The van der Waals surface area contributed by atoms with Crippen molar-refractivity contribution < 1.29 is 24.9 Å². The Morgan fingerprint density at radius 2 is 1.64 bits per heavy atom. The monoisotopic (exact) mass is 337 g/mol. The SMILES string of the molecule is O=C(O)C1=C(O)c2ccccc2C(=O)C1=Nc1ccc(CCO)cc1. The minimum absolute atomic E-state index is 0.0168. The molecule has 2 aromatic rings. The van der Waals surface area contributed by atoms with Gasteiger partial charge in [0.1, 0.15) is 17.0 Å². The summed E-state index contributed by atoms with van der Waals surface area (Å²) in [6, 6.07) is 13.0. The first kappa shape index (κ1) is 16.6. The fourth-order valence-corrected chi connectivity index (χ4v) is 2.68. The van der Waals surface area contributed by atoms with Crippen LogP contribution >= 0.6 is 0 Å². The Morgan fingerprint density at radius 1 is 1.00 bits per heavy atom. The summed E-state index contributed by atoms with van der Waals surface area (Å²) < 4.78 is 0. The van der Waals surface area contributed by atoms with Crippen molar-refractivity contribution in [2.24, 2.45) is 4.99 Å². The number of nitrogens with zero attached hydrogens (tertiary/aromatic N) is 1. The highest BCUT2D eigenvalue weighted by molar-refractivity contribution is 6.59. The number of aliphatic hydroxyl groups excluding tert-OH is 2. The largest absolute Gasteiger partial charge is 0.506 e. The molecule has 6 nitrogen and oxygen atoms in total. The summed E-state index contributed by atoms with van der Waals surface area (Å²) >= 11 is 0. The first-order chi connectivity index (χ1) is 12.0. The van der Waals surface area contributed by atoms with Crippen LogP contribution in [0.25, 0.3) is 5.76 Å². The molecule has 126 valence electrons. The molecule has 0 spiro atoms. The summed E-state index contributed by atoms with van der Waals surface area (Å²) in [7, 11) is 0. The molecule has 0 heterocycles. The Kier molecular flexibility index (Phi) is 4.45. The van der Waals surface area contributed by atoms with Gasteiger partial charge in [-0.15, -0.1) is 0 Å². The molecule has 6 heteroatoms. The molecule has 0 amide bonds. The van der Waals surface area contributed by atoms with E-state index in [1.807, 2.05) is 0 Å². The number of hydrogen-bond acceptors (Lipinski definition) is 5. The fourth-order valence-electron chi connectivity index (χ4n) is 2.68. The number of hydrogen-bond donors (Lipinski definition) is 3. The molecule has 2 aromatic carbocycles. The van der Waals surface area contributed by atoms with E-state index in [0.717, 1.165) is 5.56 Å². The zero-order valence-electron chi connectivity index (χ0n) is 13.1. The van der Waals surface area contributed by atoms with Gasteiger partial charge in [0.15, 0.2) is 0 Å². The van der Waals surface area contributed by atoms with Gasteiger partial charge in [-0.2, -0.15) is 0 Å². The second kappa shape index (κ2) is 6.70. The molecular formula is C19H15NO5. The average molecular weight is 337 g/mol. The van der Waals surface area contributed by atoms with Crippen LogP contribution in [-0.2, 0) is 11.2 Å². The number of fused-ring (bicyclic) bond motifs is 1. The van der Waals surface area contributed by atoms with Crippen LogP contribution in [0.15, 0.2) is 59.1 Å². The number of aliphatic carboxylic acids is 1. The number of benzene rings is 2. The average Bonchev–Trinajstić information content (AvgIpc) is 2.61. The lowest BCUT2D eigenvalue weighted by molar-refractivity contribution is -0.132. The van der Waals surface area contributed by atoms with Crippen molar-refractivity contribution >= 4 is 28.9 Å². The molecule has 3 N–H and O–H groups in total. The normalized spacial score (nSPS) is 15.4. The van der Waals surface area contributed by atoms with E-state index in [0.29, 0.717) is 12.1 Å². The van der Waals surface area contributed by atoms with E-state index in [2.05, 4.69) is 4.99 Å². The summed E-state index contributed by atoms with van der Waals surface area (Å²) in [4.78, 5) is 28.4. The number of carbonyl (C=O) groups excluding carboxylic acids is 1. The molecule has 1 aliphatic rings. The first-order valence-corrected chi connectivity index (χ1v) is 7.62. The van der Waals surface area contributed by atoms with Crippen molar-refractivity contribution in [2.75, 3.05) is 6.61 Å². The maximum absolute atomic E-state index is 12.7. The predicted octanol–water partition coefficient (Wildman–Crippen LogP) is 2.54. The molecule has 0 unspecified atom stereocenters. The van der Waals surface area contributed by atoms with E-state index in [9.17, 15) is 19.8 Å². The third kappa shape index (κ3) is 3.07. The number of Topliss-reactive ketones (excluding diaryl/α,β-unsaturated/α-hetero) is 1. The van der Waals surface area contributed by atoms with Crippen LogP contribution < -0.4 is 0 Å². The zero-order chi connectivity index (χ0) is 18.0. The van der Waals surface area contributed by atoms with E-state index >= 15 is 0 Å². The molecule has 0 saturated carbocycles. The van der Waals surface area contributed by atoms with Crippen LogP contribution in [0.2, 0.25) is 0 Å². The first-order valence-electron chi connectivity index (χ1n) is 7.62. The lowest BCUT2D eigenvalue weighted by atomic mass is 9.87. The topological polar surface area (TPSA) is 107 Å². The Hall–Kier alpha value is -3.25. The van der Waals surface area contributed by atoms with Crippen LogP contribution in [0.5, 0.6) is 0 Å². The van der Waals surface area contributed by atoms with Crippen LogP contribution in [0.1, 0.15) is 21.5 Å². The standard InChI is InChI=1S/C19H15NO5/c21-10-9-11-5-7-12(8-6-11)20-16-15(19(24)25)17(22)13-3-1-2-4-14(13)18(16)23/h1-8,21-22H,9-10H2,(H,24,25). The highest BCUT2D eigenvalue weighted by Gasteiger charge is 2.34. The summed E-state index contributed by atoms with van der Waals surface area (Å²) in [6.07, 6.45) is 0.490. The molecule has 1 aliphatic carbocycles. The Labute approximate surface area is 143 Å². The lowest BCUT2D eigenvalue weighted by Crippen LogP contribution is -2.28. The Bertz CT molecular complexity index is 910. The van der Waals surface area contributed by atoms with Gasteiger partial charge in [-0.05, 0) is 24.1 Å². The van der Waals surface area contributed by atoms with E-state index < -0.39 is 23.1 Å². The minimum Gasteiger partial charge on any atom is -0.506 e. The maximum atomic E-state index is 12.7.